The third-order valence-corrected chi connectivity index (χ3v) is 0. The van der Waals surface area contributed by atoms with Crippen LogP contribution in [0.15, 0.2) is 0 Å². The Hall–Kier alpha value is 1.84. The van der Waals surface area contributed by atoms with E-state index in [1.807, 2.05) is 0 Å². The largest absolute Gasteiger partial charge is 0.380 e. The summed E-state index contributed by atoms with van der Waals surface area (Å²) in [5.41, 5.74) is 0. The number of hydrogen-bond donors (Lipinski definition) is 1. The molecule has 0 saturated carbocycles. The minimum absolute atomic E-state index is 0. The van der Waals surface area contributed by atoms with E-state index in [-0.39, 0.29) is 44.1 Å². The average Bonchev–Trinajstić information content (AvgIpc) is 1.00. The zero-order valence-electron chi connectivity index (χ0n) is 1.83. The van der Waals surface area contributed by atoms with Gasteiger partial charge in [0.25, 0.3) is 0 Å². The molecule has 4 heavy (non-hydrogen) atoms. The monoisotopic (exact) mass is 205 g/mol. The van der Waals surface area contributed by atoms with Crippen molar-refractivity contribution in [3.63, 3.8) is 0 Å². The van der Waals surface area contributed by atoms with Crippen LogP contribution >= 0.6 is 9.47 Å². The van der Waals surface area contributed by atoms with E-state index in [1.165, 1.54) is 9.47 Å². The second-order valence-electron chi connectivity index (χ2n) is 0. The first-order valence-electron chi connectivity index (χ1n) is 0.258. The minimum atomic E-state index is 0. The van der Waals surface area contributed by atoms with Crippen LogP contribution < -0.4 is 0 Å². The zero-order chi connectivity index (χ0) is 2.00. The summed E-state index contributed by atoms with van der Waals surface area (Å²) in [6.07, 6.45) is 0. The van der Waals surface area contributed by atoms with Crippen molar-refractivity contribution >= 4 is 9.47 Å². The molecule has 0 aliphatic heterocycles. The molecule has 0 aliphatic carbocycles. The van der Waals surface area contributed by atoms with Crippen molar-refractivity contribution in [2.45, 2.75) is 0 Å². The molecule has 0 amide bonds. The molecule has 0 aromatic rings. The van der Waals surface area contributed by atoms with Crippen LogP contribution in [0.25, 0.3) is 0 Å². The van der Waals surface area contributed by atoms with Crippen molar-refractivity contribution in [1.29, 1.82) is 0 Å². The molecular weight excluding hydrogens is 203 g/mol. The van der Waals surface area contributed by atoms with E-state index >= 15 is 0 Å². The molecule has 4 heteroatoms. The van der Waals surface area contributed by atoms with E-state index in [4.69, 9.17) is 4.89 Å². The van der Waals surface area contributed by atoms with Crippen LogP contribution in [0.1, 0.15) is 0 Å². The van der Waals surface area contributed by atoms with Crippen molar-refractivity contribution in [3.05, 3.63) is 0 Å². The minimum Gasteiger partial charge on any atom is -0.380 e. The van der Waals surface area contributed by atoms with Gasteiger partial charge in [-0.2, -0.15) is 0 Å². The fourth-order valence-electron chi connectivity index (χ4n) is 0. The van der Waals surface area contributed by atoms with Gasteiger partial charge < -0.3 is 4.89 Å². The standard InChI is InChI=1S/Ag.H3OP.Ti/c;1-2;/h;1H,2H2;. The Morgan fingerprint density at radius 3 is 1.25 bits per heavy atom. The van der Waals surface area contributed by atoms with Crippen LogP contribution in [0.3, 0.4) is 0 Å². The maximum Gasteiger partial charge on any atom is 0 e. The molecular formula is H3AgOPTi. The van der Waals surface area contributed by atoms with Crippen LogP contribution in [0, 0.1) is 0 Å². The summed E-state index contributed by atoms with van der Waals surface area (Å²) in [5.74, 6) is 0. The van der Waals surface area contributed by atoms with Crippen molar-refractivity contribution in [3.8, 4) is 0 Å². The van der Waals surface area contributed by atoms with Gasteiger partial charge in [-0.15, -0.1) is 0 Å². The van der Waals surface area contributed by atoms with Crippen molar-refractivity contribution in [1.82, 2.24) is 0 Å². The molecule has 0 rings (SSSR count). The summed E-state index contributed by atoms with van der Waals surface area (Å²) in [6, 6.07) is 0. The van der Waals surface area contributed by atoms with Crippen molar-refractivity contribution < 1.29 is 49.0 Å². The summed E-state index contributed by atoms with van der Waals surface area (Å²) in [6.45, 7) is 0. The molecule has 0 aromatic carbocycles. The molecule has 0 bridgehead atoms. The van der Waals surface area contributed by atoms with Gasteiger partial charge in [-0.1, -0.05) is 0 Å². The summed E-state index contributed by atoms with van der Waals surface area (Å²) in [4.78, 5) is 6.92. The van der Waals surface area contributed by atoms with E-state index in [2.05, 4.69) is 0 Å². The molecule has 0 fully saturated rings. The summed E-state index contributed by atoms with van der Waals surface area (Å²) >= 11 is 0. The maximum absolute atomic E-state index is 6.92. The fraction of sp³-hybridized carbons (Fsp3) is 0. The molecule has 29 valence electrons. The van der Waals surface area contributed by atoms with Crippen LogP contribution in [-0.2, 0) is 44.1 Å². The van der Waals surface area contributed by atoms with E-state index in [1.54, 1.807) is 0 Å². The van der Waals surface area contributed by atoms with Crippen molar-refractivity contribution in [2.75, 3.05) is 0 Å². The molecule has 1 nitrogen and oxygen atoms in total. The predicted octanol–water partition coefficient (Wildman–Crippen LogP) is -0.236. The van der Waals surface area contributed by atoms with Crippen molar-refractivity contribution in [2.24, 2.45) is 0 Å². The van der Waals surface area contributed by atoms with Gasteiger partial charge >= 0.3 is 0 Å². The van der Waals surface area contributed by atoms with Crippen LogP contribution in [0.2, 0.25) is 0 Å². The van der Waals surface area contributed by atoms with Gasteiger partial charge in [-0.05, 0) is 9.47 Å². The summed E-state index contributed by atoms with van der Waals surface area (Å²) in [7, 11) is 1.42. The molecule has 0 saturated heterocycles. The normalized spacial score (nSPS) is 1.50. The smallest absolute Gasteiger partial charge is 0 e. The van der Waals surface area contributed by atoms with Gasteiger partial charge in [0, 0.05) is 44.1 Å². The first-order chi connectivity index (χ1) is 1.00. The third kappa shape index (κ3) is 9.14. The number of rotatable bonds is 0. The van der Waals surface area contributed by atoms with E-state index in [0.717, 1.165) is 0 Å². The first-order valence-corrected chi connectivity index (χ1v) is 0.775. The second-order valence-corrected chi connectivity index (χ2v) is 0. The summed E-state index contributed by atoms with van der Waals surface area (Å²) in [5, 5.41) is 0. The van der Waals surface area contributed by atoms with E-state index in [0.29, 0.717) is 0 Å². The Kier molecular flexibility index (Phi) is 89.2. The van der Waals surface area contributed by atoms with E-state index in [9.17, 15) is 0 Å². The Bertz CT molecular complexity index is 8.00. The molecule has 1 atom stereocenters. The van der Waals surface area contributed by atoms with Gasteiger partial charge in [0.2, 0.25) is 0 Å². The molecule has 1 unspecified atom stereocenters. The quantitative estimate of drug-likeness (QED) is 0.428. The second kappa shape index (κ2) is 21.0. The van der Waals surface area contributed by atoms with Gasteiger partial charge in [-0.25, -0.2) is 0 Å². The van der Waals surface area contributed by atoms with Crippen LogP contribution in [0.4, 0.5) is 0 Å². The number of hydrogen-bond acceptors (Lipinski definition) is 1. The Labute approximate surface area is 58.2 Å². The SMILES string of the molecule is OP.[Ag].[Ti]. The van der Waals surface area contributed by atoms with E-state index < -0.39 is 0 Å². The fourth-order valence-corrected chi connectivity index (χ4v) is 0. The van der Waals surface area contributed by atoms with Gasteiger partial charge in [-0.3, -0.25) is 0 Å². The zero-order valence-corrected chi connectivity index (χ0v) is 6.02. The van der Waals surface area contributed by atoms with Crippen LogP contribution in [-0.4, -0.2) is 4.89 Å². The van der Waals surface area contributed by atoms with Gasteiger partial charge in [0.1, 0.15) is 0 Å². The first kappa shape index (κ1) is 17.0. The Balaban J connectivity index is -0.00000000500. The molecule has 1 N–H and O–H groups in total. The average molecular weight is 206 g/mol. The van der Waals surface area contributed by atoms with Gasteiger partial charge in [0.05, 0.1) is 0 Å². The molecule has 1 radical (unpaired) electrons. The van der Waals surface area contributed by atoms with Crippen LogP contribution in [0.5, 0.6) is 0 Å². The maximum atomic E-state index is 6.92. The predicted molar refractivity (Wildman–Crippen MR) is 11.9 cm³/mol. The van der Waals surface area contributed by atoms with Gasteiger partial charge in [0.15, 0.2) is 0 Å². The summed E-state index contributed by atoms with van der Waals surface area (Å²) < 4.78 is 0. The molecule has 0 heterocycles. The third-order valence-electron chi connectivity index (χ3n) is 0. The molecule has 0 spiro atoms. The topological polar surface area (TPSA) is 20.2 Å². The Morgan fingerprint density at radius 2 is 1.25 bits per heavy atom. The molecule has 0 aromatic heterocycles. The Morgan fingerprint density at radius 1 is 1.25 bits per heavy atom. The molecule has 0 aliphatic rings.